The van der Waals surface area contributed by atoms with Gasteiger partial charge in [0.25, 0.3) is 11.8 Å². The predicted octanol–water partition coefficient (Wildman–Crippen LogP) is 3.24. The van der Waals surface area contributed by atoms with Gasteiger partial charge in [0.2, 0.25) is 5.91 Å². The zero-order chi connectivity index (χ0) is 21.1. The number of hydrogen-bond donors (Lipinski definition) is 0. The molecular weight excluding hydrogens is 422 g/mol. The number of piperidine rings is 1. The van der Waals surface area contributed by atoms with E-state index in [0.717, 1.165) is 17.7 Å². The van der Waals surface area contributed by atoms with Crippen LogP contribution < -0.4 is 0 Å². The van der Waals surface area contributed by atoms with E-state index in [1.165, 1.54) is 11.3 Å². The molecule has 1 atom stereocenters. The standard InChI is InChI=1S/C22H24ClN3O3S/c23-18-6-1-4-16(14-18)20(27)24-9-11-25(12-10-24)21(28)17-5-2-8-26(15-17)22(29)19-7-3-13-30-19/h1,3-4,6-7,13-14,17H,2,5,8-12,15H2/t17-/m0/s1. The van der Waals surface area contributed by atoms with Crippen LogP contribution in [0, 0.1) is 5.92 Å². The lowest BCUT2D eigenvalue weighted by molar-refractivity contribution is -0.138. The van der Waals surface area contributed by atoms with Crippen molar-refractivity contribution in [3.8, 4) is 0 Å². The summed E-state index contributed by atoms with van der Waals surface area (Å²) in [6.45, 7) is 3.20. The third-order valence-corrected chi connectivity index (χ3v) is 6.83. The van der Waals surface area contributed by atoms with Crippen LogP contribution in [0.25, 0.3) is 0 Å². The largest absolute Gasteiger partial charge is 0.339 e. The molecule has 3 amide bonds. The van der Waals surface area contributed by atoms with Crippen molar-refractivity contribution in [1.29, 1.82) is 0 Å². The van der Waals surface area contributed by atoms with Crippen LogP contribution in [0.4, 0.5) is 0 Å². The number of thiophene rings is 1. The SMILES string of the molecule is O=C(c1cccc(Cl)c1)N1CCN(C(=O)[C@H]2CCCN(C(=O)c3cccs3)C2)CC1. The first-order valence-electron chi connectivity index (χ1n) is 10.2. The fourth-order valence-corrected chi connectivity index (χ4v) is 4.99. The Bertz CT molecular complexity index is 925. The molecule has 2 aliphatic heterocycles. The number of likely N-dealkylation sites (tertiary alicyclic amines) is 1. The van der Waals surface area contributed by atoms with Gasteiger partial charge in [-0.3, -0.25) is 14.4 Å². The summed E-state index contributed by atoms with van der Waals surface area (Å²) in [6, 6.07) is 10.6. The Labute approximate surface area is 185 Å². The molecule has 0 radical (unpaired) electrons. The Morgan fingerprint density at radius 1 is 0.900 bits per heavy atom. The molecule has 0 aliphatic carbocycles. The highest BCUT2D eigenvalue weighted by molar-refractivity contribution is 7.12. The monoisotopic (exact) mass is 445 g/mol. The molecular formula is C22H24ClN3O3S. The highest BCUT2D eigenvalue weighted by Gasteiger charge is 2.33. The number of benzene rings is 1. The van der Waals surface area contributed by atoms with Crippen molar-refractivity contribution >= 4 is 40.7 Å². The van der Waals surface area contributed by atoms with Gasteiger partial charge in [-0.05, 0) is 42.5 Å². The van der Waals surface area contributed by atoms with Crippen molar-refractivity contribution in [2.24, 2.45) is 5.92 Å². The maximum absolute atomic E-state index is 13.1. The highest BCUT2D eigenvalue weighted by atomic mass is 35.5. The molecule has 0 saturated carbocycles. The number of hydrogen-bond acceptors (Lipinski definition) is 4. The molecule has 158 valence electrons. The van der Waals surface area contributed by atoms with Gasteiger partial charge >= 0.3 is 0 Å². The molecule has 2 fully saturated rings. The van der Waals surface area contributed by atoms with Crippen LogP contribution in [-0.2, 0) is 4.79 Å². The summed E-state index contributed by atoms with van der Waals surface area (Å²) in [6.07, 6.45) is 1.63. The fourth-order valence-electron chi connectivity index (χ4n) is 4.11. The Kier molecular flexibility index (Phi) is 6.39. The Morgan fingerprint density at radius 2 is 1.67 bits per heavy atom. The molecule has 2 saturated heterocycles. The lowest BCUT2D eigenvalue weighted by atomic mass is 9.96. The predicted molar refractivity (Wildman–Crippen MR) is 117 cm³/mol. The van der Waals surface area contributed by atoms with Crippen LogP contribution in [0.1, 0.15) is 32.9 Å². The molecule has 30 heavy (non-hydrogen) atoms. The Hall–Kier alpha value is -2.38. The van der Waals surface area contributed by atoms with E-state index in [-0.39, 0.29) is 23.6 Å². The molecule has 3 heterocycles. The third-order valence-electron chi connectivity index (χ3n) is 5.74. The normalized spacial score (nSPS) is 19.6. The number of carbonyl (C=O) groups excluding carboxylic acids is 3. The molecule has 2 aliphatic rings. The summed E-state index contributed by atoms with van der Waals surface area (Å²) in [5.41, 5.74) is 0.567. The van der Waals surface area contributed by atoms with E-state index in [0.29, 0.717) is 49.9 Å². The minimum atomic E-state index is -0.169. The van der Waals surface area contributed by atoms with Crippen LogP contribution in [-0.4, -0.2) is 71.7 Å². The van der Waals surface area contributed by atoms with E-state index < -0.39 is 0 Å². The summed E-state index contributed by atoms with van der Waals surface area (Å²) in [5, 5.41) is 2.43. The number of amides is 3. The quantitative estimate of drug-likeness (QED) is 0.728. The molecule has 0 unspecified atom stereocenters. The first-order chi connectivity index (χ1) is 14.5. The lowest BCUT2D eigenvalue weighted by Gasteiger charge is -2.39. The second-order valence-corrected chi connectivity index (χ2v) is 9.08. The summed E-state index contributed by atoms with van der Waals surface area (Å²) in [5.74, 6) is -0.124. The third kappa shape index (κ3) is 4.52. The number of nitrogens with zero attached hydrogens (tertiary/aromatic N) is 3. The summed E-state index contributed by atoms with van der Waals surface area (Å²) < 4.78 is 0. The second kappa shape index (κ2) is 9.18. The Morgan fingerprint density at radius 3 is 2.37 bits per heavy atom. The molecule has 2 aromatic rings. The van der Waals surface area contributed by atoms with E-state index in [1.807, 2.05) is 22.4 Å². The minimum absolute atomic E-state index is 0.0134. The summed E-state index contributed by atoms with van der Waals surface area (Å²) in [4.78, 5) is 44.5. The van der Waals surface area contributed by atoms with Crippen molar-refractivity contribution in [2.75, 3.05) is 39.3 Å². The summed E-state index contributed by atoms with van der Waals surface area (Å²) >= 11 is 7.43. The maximum atomic E-state index is 13.1. The first kappa shape index (κ1) is 20.9. The van der Waals surface area contributed by atoms with E-state index in [1.54, 1.807) is 34.1 Å². The molecule has 1 aromatic carbocycles. The van der Waals surface area contributed by atoms with Crippen molar-refractivity contribution in [1.82, 2.24) is 14.7 Å². The number of piperazine rings is 1. The van der Waals surface area contributed by atoms with Gasteiger partial charge < -0.3 is 14.7 Å². The van der Waals surface area contributed by atoms with Crippen molar-refractivity contribution < 1.29 is 14.4 Å². The molecule has 0 bridgehead atoms. The maximum Gasteiger partial charge on any atom is 0.263 e. The zero-order valence-electron chi connectivity index (χ0n) is 16.6. The van der Waals surface area contributed by atoms with Crippen molar-refractivity contribution in [3.63, 3.8) is 0 Å². The second-order valence-electron chi connectivity index (χ2n) is 7.70. The first-order valence-corrected chi connectivity index (χ1v) is 11.4. The molecule has 0 spiro atoms. The van der Waals surface area contributed by atoms with Gasteiger partial charge in [0, 0.05) is 49.9 Å². The van der Waals surface area contributed by atoms with Gasteiger partial charge in [-0.1, -0.05) is 23.7 Å². The molecule has 4 rings (SSSR count). The molecule has 0 N–H and O–H groups in total. The van der Waals surface area contributed by atoms with Gasteiger partial charge in [0.1, 0.15) is 0 Å². The van der Waals surface area contributed by atoms with Crippen LogP contribution in [0.3, 0.4) is 0 Å². The average Bonchev–Trinajstić information content (AvgIpc) is 3.33. The van der Waals surface area contributed by atoms with Gasteiger partial charge in [0.05, 0.1) is 10.8 Å². The van der Waals surface area contributed by atoms with Gasteiger partial charge in [-0.25, -0.2) is 0 Å². The van der Waals surface area contributed by atoms with E-state index >= 15 is 0 Å². The van der Waals surface area contributed by atoms with Crippen LogP contribution in [0.15, 0.2) is 41.8 Å². The zero-order valence-corrected chi connectivity index (χ0v) is 18.2. The van der Waals surface area contributed by atoms with Gasteiger partial charge in [-0.2, -0.15) is 0 Å². The van der Waals surface area contributed by atoms with Crippen LogP contribution in [0.5, 0.6) is 0 Å². The van der Waals surface area contributed by atoms with Gasteiger partial charge in [-0.15, -0.1) is 11.3 Å². The summed E-state index contributed by atoms with van der Waals surface area (Å²) in [7, 11) is 0. The van der Waals surface area contributed by atoms with Crippen LogP contribution >= 0.6 is 22.9 Å². The number of carbonyl (C=O) groups is 3. The molecule has 8 heteroatoms. The molecule has 1 aromatic heterocycles. The van der Waals surface area contributed by atoms with Crippen LogP contribution in [0.2, 0.25) is 5.02 Å². The van der Waals surface area contributed by atoms with E-state index in [2.05, 4.69) is 0 Å². The van der Waals surface area contributed by atoms with Crippen molar-refractivity contribution in [3.05, 3.63) is 57.2 Å². The average molecular weight is 446 g/mol. The smallest absolute Gasteiger partial charge is 0.263 e. The van der Waals surface area contributed by atoms with E-state index in [4.69, 9.17) is 11.6 Å². The van der Waals surface area contributed by atoms with Crippen molar-refractivity contribution in [2.45, 2.75) is 12.8 Å². The topological polar surface area (TPSA) is 60.9 Å². The molecule has 6 nitrogen and oxygen atoms in total. The highest BCUT2D eigenvalue weighted by Crippen LogP contribution is 2.23. The number of rotatable bonds is 3. The van der Waals surface area contributed by atoms with Gasteiger partial charge in [0.15, 0.2) is 0 Å². The number of halogens is 1. The van der Waals surface area contributed by atoms with E-state index in [9.17, 15) is 14.4 Å². The fraction of sp³-hybridized carbons (Fsp3) is 0.409. The Balaban J connectivity index is 1.32. The minimum Gasteiger partial charge on any atom is -0.339 e. The lowest BCUT2D eigenvalue weighted by Crippen LogP contribution is -2.54.